The first-order valence-corrected chi connectivity index (χ1v) is 10.3. The van der Waals surface area contributed by atoms with Gasteiger partial charge in [-0.25, -0.2) is 9.78 Å². The Morgan fingerprint density at radius 1 is 1.53 bits per heavy atom. The van der Waals surface area contributed by atoms with Gasteiger partial charge in [-0.3, -0.25) is 0 Å². The molecule has 0 aliphatic heterocycles. The van der Waals surface area contributed by atoms with Crippen molar-refractivity contribution in [2.45, 2.75) is 32.1 Å². The summed E-state index contributed by atoms with van der Waals surface area (Å²) in [5.74, 6) is 0. The van der Waals surface area contributed by atoms with Crippen LogP contribution in [0.4, 0.5) is 4.79 Å². The van der Waals surface area contributed by atoms with Crippen LogP contribution < -0.4 is 5.32 Å². The number of hydrogen-bond donors (Lipinski definition) is 1. The van der Waals surface area contributed by atoms with Crippen molar-refractivity contribution in [3.63, 3.8) is 0 Å². The minimum absolute atomic E-state index is 0.320. The van der Waals surface area contributed by atoms with E-state index < -0.39 is 8.07 Å². The Bertz CT molecular complexity index is 336. The van der Waals surface area contributed by atoms with Crippen molar-refractivity contribution in [1.82, 2.24) is 10.3 Å². The fourth-order valence-corrected chi connectivity index (χ4v) is 2.48. The number of hydrogen-bond acceptors (Lipinski definition) is 4. The smallest absolute Gasteiger partial charge is 0.407 e. The van der Waals surface area contributed by atoms with Gasteiger partial charge >= 0.3 is 6.09 Å². The summed E-state index contributed by atoms with van der Waals surface area (Å²) < 4.78 is 5.11. The highest BCUT2D eigenvalue weighted by molar-refractivity contribution is 7.09. The first-order chi connectivity index (χ1) is 7.97. The van der Waals surface area contributed by atoms with E-state index >= 15 is 0 Å². The Labute approximate surface area is 107 Å². The zero-order valence-electron chi connectivity index (χ0n) is 10.7. The molecule has 0 unspecified atom stereocenters. The molecule has 0 aliphatic carbocycles. The molecule has 6 heteroatoms. The standard InChI is InChI=1S/C11H20N2O2SSi/c1-17(2,3)9-7-15-11(14)13-5-4-10-12-6-8-16-10/h6,8H,4-5,7,9H2,1-3H3,(H,13,14). The summed E-state index contributed by atoms with van der Waals surface area (Å²) in [5, 5.41) is 5.69. The molecule has 0 fully saturated rings. The van der Waals surface area contributed by atoms with Crippen molar-refractivity contribution in [3.8, 4) is 0 Å². The zero-order chi connectivity index (χ0) is 12.7. The molecule has 1 aromatic heterocycles. The topological polar surface area (TPSA) is 51.2 Å². The highest BCUT2D eigenvalue weighted by atomic mass is 32.1. The van der Waals surface area contributed by atoms with Gasteiger partial charge in [0, 0.05) is 32.6 Å². The molecular formula is C11H20N2O2SSi. The highest BCUT2D eigenvalue weighted by Crippen LogP contribution is 2.07. The van der Waals surface area contributed by atoms with E-state index in [0.717, 1.165) is 17.5 Å². The first-order valence-electron chi connectivity index (χ1n) is 5.76. The van der Waals surface area contributed by atoms with Crippen molar-refractivity contribution in [1.29, 1.82) is 0 Å². The van der Waals surface area contributed by atoms with Gasteiger partial charge in [0.15, 0.2) is 0 Å². The third kappa shape index (κ3) is 7.12. The molecular weight excluding hydrogens is 252 g/mol. The van der Waals surface area contributed by atoms with Gasteiger partial charge in [-0.2, -0.15) is 0 Å². The monoisotopic (exact) mass is 272 g/mol. The van der Waals surface area contributed by atoms with Crippen LogP contribution in [0.2, 0.25) is 25.7 Å². The van der Waals surface area contributed by atoms with Crippen LogP contribution in [0.5, 0.6) is 0 Å². The Balaban J connectivity index is 2.05. The lowest BCUT2D eigenvalue weighted by Crippen LogP contribution is -2.29. The summed E-state index contributed by atoms with van der Waals surface area (Å²) in [7, 11) is -1.11. The Morgan fingerprint density at radius 2 is 2.29 bits per heavy atom. The number of aromatic nitrogens is 1. The van der Waals surface area contributed by atoms with Crippen LogP contribution in [0, 0.1) is 0 Å². The number of nitrogens with one attached hydrogen (secondary N) is 1. The van der Waals surface area contributed by atoms with E-state index in [1.807, 2.05) is 5.38 Å². The number of amides is 1. The Morgan fingerprint density at radius 3 is 2.88 bits per heavy atom. The van der Waals surface area contributed by atoms with Crippen molar-refractivity contribution < 1.29 is 9.53 Å². The van der Waals surface area contributed by atoms with E-state index in [9.17, 15) is 4.79 Å². The van der Waals surface area contributed by atoms with Crippen LogP contribution in [-0.4, -0.2) is 32.3 Å². The summed E-state index contributed by atoms with van der Waals surface area (Å²) in [6, 6.07) is 1.01. The minimum atomic E-state index is -1.11. The third-order valence-corrected chi connectivity index (χ3v) is 4.72. The molecule has 17 heavy (non-hydrogen) atoms. The molecule has 0 bridgehead atoms. The van der Waals surface area contributed by atoms with E-state index in [0.29, 0.717) is 13.2 Å². The van der Waals surface area contributed by atoms with E-state index in [4.69, 9.17) is 4.74 Å². The molecule has 0 saturated carbocycles. The largest absolute Gasteiger partial charge is 0.450 e. The predicted molar refractivity (Wildman–Crippen MR) is 73.3 cm³/mol. The number of alkyl carbamates (subject to hydrolysis) is 1. The summed E-state index contributed by atoms with van der Waals surface area (Å²) >= 11 is 1.60. The SMILES string of the molecule is C[Si](C)(C)CCOC(=O)NCCc1nccs1. The number of nitrogens with zero attached hydrogens (tertiary/aromatic N) is 1. The van der Waals surface area contributed by atoms with Crippen molar-refractivity contribution in [2.24, 2.45) is 0 Å². The van der Waals surface area contributed by atoms with Gasteiger partial charge in [0.1, 0.15) is 0 Å². The molecule has 1 rings (SSSR count). The molecule has 4 nitrogen and oxygen atoms in total. The number of carbonyl (C=O) groups is 1. The number of rotatable bonds is 6. The molecule has 0 saturated heterocycles. The van der Waals surface area contributed by atoms with Crippen LogP contribution >= 0.6 is 11.3 Å². The van der Waals surface area contributed by atoms with Gasteiger partial charge in [0.05, 0.1) is 11.6 Å². The third-order valence-electron chi connectivity index (χ3n) is 2.18. The summed E-state index contributed by atoms with van der Waals surface area (Å²) in [4.78, 5) is 15.5. The maximum absolute atomic E-state index is 11.3. The number of thiazole rings is 1. The van der Waals surface area contributed by atoms with Crippen molar-refractivity contribution >= 4 is 25.5 Å². The molecule has 0 radical (unpaired) electrons. The molecule has 0 spiro atoms. The molecule has 96 valence electrons. The quantitative estimate of drug-likeness (QED) is 0.810. The van der Waals surface area contributed by atoms with E-state index in [1.54, 1.807) is 17.5 Å². The van der Waals surface area contributed by atoms with E-state index in [2.05, 4.69) is 29.9 Å². The minimum Gasteiger partial charge on any atom is -0.450 e. The molecule has 0 aromatic carbocycles. The molecule has 1 N–H and O–H groups in total. The van der Waals surface area contributed by atoms with Crippen LogP contribution in [0.15, 0.2) is 11.6 Å². The molecule has 1 amide bonds. The van der Waals surface area contributed by atoms with Gasteiger partial charge < -0.3 is 10.1 Å². The maximum atomic E-state index is 11.3. The van der Waals surface area contributed by atoms with Gasteiger partial charge in [-0.05, 0) is 6.04 Å². The molecule has 0 aliphatic rings. The van der Waals surface area contributed by atoms with E-state index in [-0.39, 0.29) is 6.09 Å². The average molecular weight is 272 g/mol. The summed E-state index contributed by atoms with van der Waals surface area (Å²) in [5.41, 5.74) is 0. The second-order valence-corrected chi connectivity index (χ2v) is 11.6. The lowest BCUT2D eigenvalue weighted by molar-refractivity contribution is 0.152. The lowest BCUT2D eigenvalue weighted by Gasteiger charge is -2.15. The zero-order valence-corrected chi connectivity index (χ0v) is 12.5. The van der Waals surface area contributed by atoms with Crippen molar-refractivity contribution in [2.75, 3.05) is 13.2 Å². The average Bonchev–Trinajstić information content (AvgIpc) is 2.68. The van der Waals surface area contributed by atoms with Crippen LogP contribution in [0.3, 0.4) is 0 Å². The maximum Gasteiger partial charge on any atom is 0.407 e. The number of ether oxygens (including phenoxy) is 1. The molecule has 0 atom stereocenters. The highest BCUT2D eigenvalue weighted by Gasteiger charge is 2.13. The van der Waals surface area contributed by atoms with E-state index in [1.165, 1.54) is 0 Å². The summed E-state index contributed by atoms with van der Waals surface area (Å²) in [6.07, 6.45) is 2.22. The second kappa shape index (κ2) is 6.76. The van der Waals surface area contributed by atoms with Crippen LogP contribution in [0.1, 0.15) is 5.01 Å². The summed E-state index contributed by atoms with van der Waals surface area (Å²) in [6.45, 7) is 7.89. The van der Waals surface area contributed by atoms with Crippen LogP contribution in [0.25, 0.3) is 0 Å². The van der Waals surface area contributed by atoms with Crippen LogP contribution in [-0.2, 0) is 11.2 Å². The van der Waals surface area contributed by atoms with Gasteiger partial charge in [0.25, 0.3) is 0 Å². The van der Waals surface area contributed by atoms with Gasteiger partial charge in [0.2, 0.25) is 0 Å². The first kappa shape index (κ1) is 14.2. The fraction of sp³-hybridized carbons (Fsp3) is 0.636. The molecule has 1 aromatic rings. The second-order valence-electron chi connectivity index (χ2n) is 5.05. The number of carbonyl (C=O) groups excluding carboxylic acids is 1. The van der Waals surface area contributed by atoms with Gasteiger partial charge in [-0.15, -0.1) is 11.3 Å². The lowest BCUT2D eigenvalue weighted by atomic mass is 10.4. The fourth-order valence-electron chi connectivity index (χ4n) is 1.15. The molecule has 1 heterocycles. The van der Waals surface area contributed by atoms with Gasteiger partial charge in [-0.1, -0.05) is 19.6 Å². The predicted octanol–water partition coefficient (Wildman–Crippen LogP) is 2.75. The Kier molecular flexibility index (Phi) is 5.63. The normalized spacial score (nSPS) is 11.2. The Hall–Kier alpha value is -0.883. The van der Waals surface area contributed by atoms with Crippen molar-refractivity contribution in [3.05, 3.63) is 16.6 Å².